The molecule has 0 amide bonds. The number of esters is 1. The predicted octanol–water partition coefficient (Wildman–Crippen LogP) is 5.09. The van der Waals surface area contributed by atoms with Crippen LogP contribution in [0.3, 0.4) is 0 Å². The summed E-state index contributed by atoms with van der Waals surface area (Å²) >= 11 is 0. The fourth-order valence-corrected chi connectivity index (χ4v) is 4.05. The maximum Gasteiger partial charge on any atom is 0.327 e. The van der Waals surface area contributed by atoms with Crippen LogP contribution in [0.15, 0.2) is 91.1 Å². The van der Waals surface area contributed by atoms with Gasteiger partial charge < -0.3 is 9.30 Å². The topological polar surface area (TPSA) is 34.5 Å². The van der Waals surface area contributed by atoms with Crippen molar-refractivity contribution in [1.29, 1.82) is 0 Å². The molecule has 0 saturated carbocycles. The highest BCUT2D eigenvalue weighted by molar-refractivity contribution is 5.90. The number of para-hydroxylation sites is 1. The zero-order valence-corrected chi connectivity index (χ0v) is 17.4. The van der Waals surface area contributed by atoms with E-state index in [1.54, 1.807) is 0 Å². The molecular weight excluding hydrogens is 372 g/mol. The third-order valence-corrected chi connectivity index (χ3v) is 5.47. The van der Waals surface area contributed by atoms with E-state index in [0.717, 1.165) is 27.6 Å². The Balaban J connectivity index is 1.81. The molecule has 0 saturated heterocycles. The number of nitrogens with zero attached hydrogens (tertiary/aromatic N) is 2. The maximum atomic E-state index is 13.1. The van der Waals surface area contributed by atoms with Gasteiger partial charge in [0.05, 0.1) is 7.11 Å². The van der Waals surface area contributed by atoms with E-state index in [9.17, 15) is 4.79 Å². The van der Waals surface area contributed by atoms with Crippen molar-refractivity contribution in [2.75, 3.05) is 7.11 Å². The Labute approximate surface area is 177 Å². The number of benzene rings is 3. The number of carbonyl (C=O) groups excluding carboxylic acids is 1. The Bertz CT molecular complexity index is 1080. The Morgan fingerprint density at radius 2 is 1.40 bits per heavy atom. The van der Waals surface area contributed by atoms with Crippen molar-refractivity contribution in [1.82, 2.24) is 9.47 Å². The van der Waals surface area contributed by atoms with E-state index in [1.807, 2.05) is 55.6 Å². The summed E-state index contributed by atoms with van der Waals surface area (Å²) in [5.74, 6) is -0.252. The molecule has 0 fully saturated rings. The number of rotatable bonds is 7. The van der Waals surface area contributed by atoms with Crippen molar-refractivity contribution in [2.45, 2.75) is 19.1 Å². The molecule has 0 bridgehead atoms. The fourth-order valence-electron chi connectivity index (χ4n) is 4.05. The van der Waals surface area contributed by atoms with Gasteiger partial charge in [-0.1, -0.05) is 78.9 Å². The van der Waals surface area contributed by atoms with Crippen molar-refractivity contribution in [3.05, 3.63) is 108 Å². The Hall–Kier alpha value is -3.37. The minimum atomic E-state index is -0.512. The molecule has 1 heterocycles. The molecular formula is C26H26N2O2. The first-order valence-corrected chi connectivity index (χ1v) is 10.1. The third kappa shape index (κ3) is 4.14. The third-order valence-electron chi connectivity index (χ3n) is 5.47. The van der Waals surface area contributed by atoms with E-state index >= 15 is 0 Å². The van der Waals surface area contributed by atoms with Gasteiger partial charge in [-0.05, 0) is 17.2 Å². The highest BCUT2D eigenvalue weighted by Gasteiger charge is 2.31. The van der Waals surface area contributed by atoms with E-state index in [2.05, 4.69) is 52.1 Å². The molecule has 1 unspecified atom stereocenters. The van der Waals surface area contributed by atoms with E-state index in [-0.39, 0.29) is 5.97 Å². The second-order valence-electron chi connectivity index (χ2n) is 7.51. The molecule has 152 valence electrons. The van der Waals surface area contributed by atoms with Gasteiger partial charge in [0.15, 0.2) is 0 Å². The summed E-state index contributed by atoms with van der Waals surface area (Å²) < 4.78 is 7.36. The average molecular weight is 399 g/mol. The summed E-state index contributed by atoms with van der Waals surface area (Å²) in [5, 5.41) is 1.07. The molecule has 30 heavy (non-hydrogen) atoms. The van der Waals surface area contributed by atoms with Crippen LogP contribution in [-0.4, -0.2) is 22.5 Å². The van der Waals surface area contributed by atoms with Crippen LogP contribution in [0.2, 0.25) is 0 Å². The Morgan fingerprint density at radius 1 is 0.867 bits per heavy atom. The van der Waals surface area contributed by atoms with Gasteiger partial charge in [0.1, 0.15) is 6.04 Å². The quantitative estimate of drug-likeness (QED) is 0.407. The molecule has 0 aliphatic rings. The normalized spacial score (nSPS) is 12.2. The van der Waals surface area contributed by atoms with Crippen molar-refractivity contribution >= 4 is 16.9 Å². The summed E-state index contributed by atoms with van der Waals surface area (Å²) in [5.41, 5.74) is 4.37. The van der Waals surface area contributed by atoms with Gasteiger partial charge in [0.25, 0.3) is 0 Å². The molecule has 0 aliphatic heterocycles. The lowest BCUT2D eigenvalue weighted by molar-refractivity contribution is -0.147. The molecule has 1 atom stereocenters. The van der Waals surface area contributed by atoms with E-state index in [1.165, 1.54) is 7.11 Å². The lowest BCUT2D eigenvalue weighted by atomic mass is 10.0. The molecule has 4 aromatic rings. The van der Waals surface area contributed by atoms with Gasteiger partial charge in [-0.2, -0.15) is 0 Å². The molecule has 4 heteroatoms. The zero-order chi connectivity index (χ0) is 20.9. The zero-order valence-electron chi connectivity index (χ0n) is 17.4. The van der Waals surface area contributed by atoms with Crippen molar-refractivity contribution in [3.63, 3.8) is 0 Å². The highest BCUT2D eigenvalue weighted by atomic mass is 16.5. The van der Waals surface area contributed by atoms with Gasteiger partial charge in [-0.3, -0.25) is 4.90 Å². The van der Waals surface area contributed by atoms with E-state index < -0.39 is 6.04 Å². The SMILES string of the molecule is COC(=O)C(c1cn(C)c2ccccc12)N(Cc1ccccc1)Cc1ccccc1. The van der Waals surface area contributed by atoms with Crippen LogP contribution in [0.1, 0.15) is 22.7 Å². The Morgan fingerprint density at radius 3 is 1.97 bits per heavy atom. The predicted molar refractivity (Wildman–Crippen MR) is 120 cm³/mol. The number of aryl methyl sites for hydroxylation is 1. The van der Waals surface area contributed by atoms with Crippen LogP contribution >= 0.6 is 0 Å². The Kier molecular flexibility index (Phi) is 5.96. The molecule has 1 aromatic heterocycles. The lowest BCUT2D eigenvalue weighted by Gasteiger charge is -2.30. The second kappa shape index (κ2) is 8.97. The van der Waals surface area contributed by atoms with Crippen LogP contribution in [0, 0.1) is 0 Å². The minimum Gasteiger partial charge on any atom is -0.468 e. The van der Waals surface area contributed by atoms with E-state index in [4.69, 9.17) is 4.74 Å². The fraction of sp³-hybridized carbons (Fsp3) is 0.192. The number of fused-ring (bicyclic) bond motifs is 1. The van der Waals surface area contributed by atoms with Crippen LogP contribution in [-0.2, 0) is 29.7 Å². The number of aromatic nitrogens is 1. The van der Waals surface area contributed by atoms with Gasteiger partial charge in [-0.15, -0.1) is 0 Å². The van der Waals surface area contributed by atoms with Gasteiger partial charge in [0.2, 0.25) is 0 Å². The summed E-state index contributed by atoms with van der Waals surface area (Å²) in [6.45, 7) is 1.28. The number of methoxy groups -OCH3 is 1. The van der Waals surface area contributed by atoms with Crippen LogP contribution in [0.25, 0.3) is 10.9 Å². The lowest BCUT2D eigenvalue weighted by Crippen LogP contribution is -2.34. The average Bonchev–Trinajstić information content (AvgIpc) is 3.11. The first-order chi connectivity index (χ1) is 14.7. The van der Waals surface area contributed by atoms with Crippen LogP contribution in [0.5, 0.6) is 0 Å². The highest BCUT2D eigenvalue weighted by Crippen LogP contribution is 2.33. The van der Waals surface area contributed by atoms with Gasteiger partial charge >= 0.3 is 5.97 Å². The standard InChI is InChI=1S/C26H26N2O2/c1-27-19-23(22-15-9-10-16-24(22)27)25(26(29)30-2)28(17-20-11-5-3-6-12-20)18-21-13-7-4-8-14-21/h3-16,19,25H,17-18H2,1-2H3. The molecule has 0 N–H and O–H groups in total. The smallest absolute Gasteiger partial charge is 0.327 e. The first kappa shape index (κ1) is 19.9. The summed E-state index contributed by atoms with van der Waals surface area (Å²) in [6, 6.07) is 28.2. The van der Waals surface area contributed by atoms with Crippen molar-refractivity contribution < 1.29 is 9.53 Å². The monoisotopic (exact) mass is 398 g/mol. The van der Waals surface area contributed by atoms with Gasteiger partial charge in [-0.25, -0.2) is 4.79 Å². The molecule has 0 spiro atoms. The molecule has 0 aliphatic carbocycles. The first-order valence-electron chi connectivity index (χ1n) is 10.1. The largest absolute Gasteiger partial charge is 0.468 e. The summed E-state index contributed by atoms with van der Waals surface area (Å²) in [4.78, 5) is 15.3. The summed E-state index contributed by atoms with van der Waals surface area (Å²) in [7, 11) is 3.47. The van der Waals surface area contributed by atoms with E-state index in [0.29, 0.717) is 13.1 Å². The summed E-state index contributed by atoms with van der Waals surface area (Å²) in [6.07, 6.45) is 2.05. The number of hydrogen-bond donors (Lipinski definition) is 0. The maximum absolute atomic E-state index is 13.1. The second-order valence-corrected chi connectivity index (χ2v) is 7.51. The number of carbonyl (C=O) groups is 1. The minimum absolute atomic E-state index is 0.252. The molecule has 4 rings (SSSR count). The van der Waals surface area contributed by atoms with Crippen molar-refractivity contribution in [2.24, 2.45) is 7.05 Å². The van der Waals surface area contributed by atoms with Crippen molar-refractivity contribution in [3.8, 4) is 0 Å². The number of ether oxygens (including phenoxy) is 1. The molecule has 0 radical (unpaired) electrons. The molecule has 3 aromatic carbocycles. The van der Waals surface area contributed by atoms with Crippen LogP contribution in [0.4, 0.5) is 0 Å². The van der Waals surface area contributed by atoms with Crippen LogP contribution < -0.4 is 0 Å². The number of hydrogen-bond acceptors (Lipinski definition) is 3. The molecule has 4 nitrogen and oxygen atoms in total. The van der Waals surface area contributed by atoms with Gasteiger partial charge in [0, 0.05) is 42.8 Å².